The summed E-state index contributed by atoms with van der Waals surface area (Å²) in [6.07, 6.45) is -0.387. The number of likely N-dealkylation sites (N-methyl/N-ethyl adjacent to an activating group) is 1. The number of amides is 1. The van der Waals surface area contributed by atoms with E-state index in [2.05, 4.69) is 36.7 Å². The Morgan fingerprint density at radius 2 is 1.88 bits per heavy atom. The van der Waals surface area contributed by atoms with Crippen LogP contribution in [0.5, 0.6) is 5.75 Å². The highest BCUT2D eigenvalue weighted by Crippen LogP contribution is 2.20. The van der Waals surface area contributed by atoms with Crippen LogP contribution in [0.25, 0.3) is 0 Å². The molecule has 140 valence electrons. The lowest BCUT2D eigenvalue weighted by Crippen LogP contribution is -3.28. The molecule has 0 saturated carbocycles. The Labute approximate surface area is 159 Å². The van der Waals surface area contributed by atoms with Crippen LogP contribution in [0.2, 0.25) is 0 Å². The van der Waals surface area contributed by atoms with Gasteiger partial charge in [0.25, 0.3) is 0 Å². The van der Waals surface area contributed by atoms with Crippen LogP contribution in [-0.2, 0) is 0 Å². The summed E-state index contributed by atoms with van der Waals surface area (Å²) >= 11 is 1.77. The number of hydrogen-bond donors (Lipinski definition) is 3. The molecule has 3 N–H and O–H groups in total. The van der Waals surface area contributed by atoms with Gasteiger partial charge in [-0.15, -0.1) is 11.3 Å². The van der Waals surface area contributed by atoms with Gasteiger partial charge in [0, 0.05) is 0 Å². The van der Waals surface area contributed by atoms with Crippen LogP contribution in [0.4, 0.5) is 4.79 Å². The molecule has 0 unspecified atom stereocenters. The molecular formula is C20H29N3O2S+2. The van der Waals surface area contributed by atoms with Crippen LogP contribution in [0.1, 0.15) is 24.8 Å². The zero-order chi connectivity index (χ0) is 18.4. The highest BCUT2D eigenvalue weighted by molar-refractivity contribution is 7.10. The molecule has 1 fully saturated rings. The van der Waals surface area contributed by atoms with Gasteiger partial charge in [-0.05, 0) is 37.4 Å². The zero-order valence-corrected chi connectivity index (χ0v) is 16.4. The average molecular weight is 376 g/mol. The Bertz CT molecular complexity index is 670. The summed E-state index contributed by atoms with van der Waals surface area (Å²) in [6.45, 7) is 10.2. The SMILES string of the molecule is CC[NH+]1CC[NH+]([C@H](c2cccs2)[C@H](C)NC(=O)Oc2ccccc2)CC1. The highest BCUT2D eigenvalue weighted by Gasteiger charge is 2.35. The van der Waals surface area contributed by atoms with Gasteiger partial charge in [-0.1, -0.05) is 24.3 Å². The Hall–Kier alpha value is -1.89. The van der Waals surface area contributed by atoms with Gasteiger partial charge in [-0.25, -0.2) is 4.79 Å². The first-order chi connectivity index (χ1) is 12.7. The lowest BCUT2D eigenvalue weighted by atomic mass is 10.1. The fraction of sp³-hybridized carbons (Fsp3) is 0.450. The number of nitrogens with one attached hydrogen (secondary N) is 3. The van der Waals surface area contributed by atoms with Gasteiger partial charge in [-0.2, -0.15) is 0 Å². The molecule has 2 heterocycles. The Morgan fingerprint density at radius 3 is 2.50 bits per heavy atom. The molecule has 0 spiro atoms. The number of thiophene rings is 1. The van der Waals surface area contributed by atoms with Crippen molar-refractivity contribution in [2.45, 2.75) is 25.9 Å². The van der Waals surface area contributed by atoms with E-state index in [1.807, 2.05) is 18.2 Å². The van der Waals surface area contributed by atoms with Gasteiger partial charge in [0.2, 0.25) is 0 Å². The number of quaternary nitrogens is 2. The zero-order valence-electron chi connectivity index (χ0n) is 15.5. The molecule has 1 amide bonds. The molecule has 5 nitrogen and oxygen atoms in total. The van der Waals surface area contributed by atoms with Crippen molar-refractivity contribution in [3.63, 3.8) is 0 Å². The van der Waals surface area contributed by atoms with E-state index in [0.717, 1.165) is 13.1 Å². The summed E-state index contributed by atoms with van der Waals surface area (Å²) < 4.78 is 5.41. The average Bonchev–Trinajstić information content (AvgIpc) is 3.17. The second-order valence-corrected chi connectivity index (χ2v) is 7.87. The molecule has 2 atom stereocenters. The topological polar surface area (TPSA) is 47.2 Å². The van der Waals surface area contributed by atoms with Crippen molar-refractivity contribution in [3.8, 4) is 5.75 Å². The Morgan fingerprint density at radius 1 is 1.15 bits per heavy atom. The first-order valence-corrected chi connectivity index (χ1v) is 10.3. The molecule has 0 bridgehead atoms. The third-order valence-corrected chi connectivity index (χ3v) is 6.14. The number of piperazine rings is 1. The van der Waals surface area contributed by atoms with Crippen LogP contribution in [0.15, 0.2) is 47.8 Å². The molecule has 2 aromatic rings. The third kappa shape index (κ3) is 4.84. The van der Waals surface area contributed by atoms with Gasteiger partial charge in [-0.3, -0.25) is 0 Å². The first kappa shape index (κ1) is 18.9. The van der Waals surface area contributed by atoms with Crippen molar-refractivity contribution in [1.82, 2.24) is 5.32 Å². The molecule has 1 aliphatic rings. The predicted molar refractivity (Wildman–Crippen MR) is 104 cm³/mol. The van der Waals surface area contributed by atoms with E-state index in [4.69, 9.17) is 4.74 Å². The Kier molecular flexibility index (Phi) is 6.66. The molecular weight excluding hydrogens is 346 g/mol. The molecule has 1 saturated heterocycles. The van der Waals surface area contributed by atoms with E-state index in [1.165, 1.54) is 24.5 Å². The van der Waals surface area contributed by atoms with Gasteiger partial charge in [0.05, 0.1) is 17.5 Å². The summed E-state index contributed by atoms with van der Waals surface area (Å²) in [6, 6.07) is 13.7. The largest absolute Gasteiger partial charge is 0.413 e. The van der Waals surface area contributed by atoms with E-state index in [9.17, 15) is 4.79 Å². The summed E-state index contributed by atoms with van der Waals surface area (Å²) in [5.74, 6) is 0.567. The van der Waals surface area contributed by atoms with Crippen molar-refractivity contribution in [1.29, 1.82) is 0 Å². The van der Waals surface area contributed by atoms with Crippen LogP contribution in [0, 0.1) is 0 Å². The summed E-state index contributed by atoms with van der Waals surface area (Å²) in [4.78, 5) is 16.9. The van der Waals surface area contributed by atoms with Crippen LogP contribution in [0.3, 0.4) is 0 Å². The molecule has 3 rings (SSSR count). The molecule has 0 radical (unpaired) electrons. The van der Waals surface area contributed by atoms with Crippen molar-refractivity contribution < 1.29 is 19.3 Å². The number of para-hydroxylation sites is 1. The fourth-order valence-electron chi connectivity index (χ4n) is 3.75. The van der Waals surface area contributed by atoms with E-state index in [-0.39, 0.29) is 18.2 Å². The number of rotatable bonds is 6. The third-order valence-electron chi connectivity index (χ3n) is 5.19. The standard InChI is InChI=1S/C20H27N3O2S/c1-3-22-11-13-23(14-12-22)19(18-10-7-15-26-18)16(2)21-20(24)25-17-8-5-4-6-9-17/h4-10,15-16,19H,3,11-14H2,1-2H3,(H,21,24)/p+2/t16-,19-/m0/s1. The molecule has 26 heavy (non-hydrogen) atoms. The second kappa shape index (κ2) is 9.16. The fourth-order valence-corrected chi connectivity index (χ4v) is 4.74. The number of carbonyl (C=O) groups excluding carboxylic acids is 1. The maximum atomic E-state index is 12.3. The molecule has 1 aromatic carbocycles. The lowest BCUT2D eigenvalue weighted by Gasteiger charge is -2.36. The minimum atomic E-state index is -0.387. The van der Waals surface area contributed by atoms with Crippen molar-refractivity contribution in [2.75, 3.05) is 32.7 Å². The summed E-state index contributed by atoms with van der Waals surface area (Å²) in [5, 5.41) is 5.17. The number of benzene rings is 1. The smallest absolute Gasteiger partial charge is 0.410 e. The maximum Gasteiger partial charge on any atom is 0.413 e. The normalized spacial score (nSPS) is 22.4. The quantitative estimate of drug-likeness (QED) is 0.699. The van der Waals surface area contributed by atoms with Crippen LogP contribution >= 0.6 is 11.3 Å². The monoisotopic (exact) mass is 375 g/mol. The Balaban J connectivity index is 1.65. The minimum absolute atomic E-state index is 0.00281. The number of ether oxygens (including phenoxy) is 1. The van der Waals surface area contributed by atoms with Gasteiger partial charge in [0.15, 0.2) is 0 Å². The van der Waals surface area contributed by atoms with E-state index in [0.29, 0.717) is 5.75 Å². The predicted octanol–water partition coefficient (Wildman–Crippen LogP) is 0.770. The van der Waals surface area contributed by atoms with Crippen molar-refractivity contribution >= 4 is 17.4 Å². The van der Waals surface area contributed by atoms with Crippen molar-refractivity contribution in [3.05, 3.63) is 52.7 Å². The summed E-state index contributed by atoms with van der Waals surface area (Å²) in [7, 11) is 0. The van der Waals surface area contributed by atoms with E-state index < -0.39 is 0 Å². The highest BCUT2D eigenvalue weighted by atomic mass is 32.1. The number of carbonyl (C=O) groups is 1. The van der Waals surface area contributed by atoms with Gasteiger partial charge >= 0.3 is 6.09 Å². The van der Waals surface area contributed by atoms with Gasteiger partial charge in [0.1, 0.15) is 38.0 Å². The molecule has 6 heteroatoms. The maximum absolute atomic E-state index is 12.3. The summed E-state index contributed by atoms with van der Waals surface area (Å²) in [5.41, 5.74) is 0. The van der Waals surface area contributed by atoms with E-state index >= 15 is 0 Å². The lowest BCUT2D eigenvalue weighted by molar-refractivity contribution is -1.03. The number of hydrogen-bond acceptors (Lipinski definition) is 3. The van der Waals surface area contributed by atoms with Crippen LogP contribution in [-0.4, -0.2) is 44.9 Å². The van der Waals surface area contributed by atoms with Crippen LogP contribution < -0.4 is 19.9 Å². The molecule has 1 aliphatic heterocycles. The first-order valence-electron chi connectivity index (χ1n) is 9.42. The second-order valence-electron chi connectivity index (χ2n) is 6.89. The van der Waals surface area contributed by atoms with E-state index in [1.54, 1.807) is 33.3 Å². The minimum Gasteiger partial charge on any atom is -0.410 e. The molecule has 0 aliphatic carbocycles. The van der Waals surface area contributed by atoms with Gasteiger partial charge < -0.3 is 19.9 Å². The van der Waals surface area contributed by atoms with Crippen molar-refractivity contribution in [2.24, 2.45) is 0 Å². The molecule has 1 aromatic heterocycles.